The summed E-state index contributed by atoms with van der Waals surface area (Å²) in [4.78, 5) is 14.2. The summed E-state index contributed by atoms with van der Waals surface area (Å²) in [6.07, 6.45) is 5.32. The van der Waals surface area contributed by atoms with E-state index in [1.165, 1.54) is 25.8 Å². The molecule has 0 aliphatic carbocycles. The minimum absolute atomic E-state index is 0.0345. The van der Waals surface area contributed by atoms with Crippen LogP contribution in [0.1, 0.15) is 46.0 Å². The van der Waals surface area contributed by atoms with Gasteiger partial charge in [-0.3, -0.25) is 9.69 Å². The molecule has 110 valence electrons. The summed E-state index contributed by atoms with van der Waals surface area (Å²) in [5.41, 5.74) is 0. The van der Waals surface area contributed by atoms with Gasteiger partial charge in [0.15, 0.2) is 0 Å². The Balaban J connectivity index is 1.84. The summed E-state index contributed by atoms with van der Waals surface area (Å²) in [5, 5.41) is 3.47. The van der Waals surface area contributed by atoms with Crippen LogP contribution < -0.4 is 5.32 Å². The number of hydrogen-bond acceptors (Lipinski definition) is 4. The second-order valence-corrected chi connectivity index (χ2v) is 5.92. The molecular weight excluding hydrogens is 240 g/mol. The molecule has 2 unspecified atom stereocenters. The van der Waals surface area contributed by atoms with Gasteiger partial charge in [0.2, 0.25) is 0 Å². The predicted octanol–water partition coefficient (Wildman–Crippen LogP) is 1.79. The molecule has 19 heavy (non-hydrogen) atoms. The van der Waals surface area contributed by atoms with E-state index in [0.717, 1.165) is 25.4 Å². The molecule has 1 N–H and O–H groups in total. The zero-order valence-corrected chi connectivity index (χ0v) is 12.4. The van der Waals surface area contributed by atoms with Crippen molar-refractivity contribution in [2.75, 3.05) is 26.2 Å². The van der Waals surface area contributed by atoms with E-state index < -0.39 is 0 Å². The van der Waals surface area contributed by atoms with Crippen molar-refractivity contribution >= 4 is 5.97 Å². The fraction of sp³-hybridized carbons (Fsp3) is 0.933. The van der Waals surface area contributed by atoms with Gasteiger partial charge in [-0.2, -0.15) is 0 Å². The van der Waals surface area contributed by atoms with E-state index in [1.807, 2.05) is 6.92 Å². The molecule has 0 radical (unpaired) electrons. The van der Waals surface area contributed by atoms with Crippen LogP contribution in [-0.2, 0) is 9.53 Å². The summed E-state index contributed by atoms with van der Waals surface area (Å²) in [5.74, 6) is 0.685. The zero-order chi connectivity index (χ0) is 13.7. The molecule has 2 heterocycles. The van der Waals surface area contributed by atoms with E-state index in [-0.39, 0.29) is 5.97 Å². The molecule has 0 spiro atoms. The van der Waals surface area contributed by atoms with Gasteiger partial charge in [-0.25, -0.2) is 0 Å². The number of nitrogens with one attached hydrogen (secondary N) is 1. The Labute approximate surface area is 116 Å². The molecule has 4 heteroatoms. The van der Waals surface area contributed by atoms with Gasteiger partial charge in [0.1, 0.15) is 0 Å². The van der Waals surface area contributed by atoms with Crippen LogP contribution in [0.15, 0.2) is 0 Å². The average molecular weight is 268 g/mol. The molecule has 0 bridgehead atoms. The van der Waals surface area contributed by atoms with Crippen LogP contribution in [0.4, 0.5) is 0 Å². The van der Waals surface area contributed by atoms with E-state index in [0.29, 0.717) is 25.1 Å². The smallest absolute Gasteiger partial charge is 0.305 e. The van der Waals surface area contributed by atoms with Gasteiger partial charge in [0.25, 0.3) is 0 Å². The number of ether oxygens (including phenoxy) is 1. The average Bonchev–Trinajstić information content (AvgIpc) is 2.85. The fourth-order valence-corrected chi connectivity index (χ4v) is 3.62. The monoisotopic (exact) mass is 268 g/mol. The number of carbonyl (C=O) groups is 1. The number of piperidine rings is 1. The van der Waals surface area contributed by atoms with Crippen molar-refractivity contribution in [2.24, 2.45) is 5.92 Å². The number of likely N-dealkylation sites (tertiary alicyclic amines) is 1. The first kappa shape index (κ1) is 14.8. The zero-order valence-electron chi connectivity index (χ0n) is 12.4. The highest BCUT2D eigenvalue weighted by atomic mass is 16.5. The Morgan fingerprint density at radius 1 is 1.42 bits per heavy atom. The summed E-state index contributed by atoms with van der Waals surface area (Å²) in [6, 6.07) is 1.30. The van der Waals surface area contributed by atoms with Crippen LogP contribution in [0.25, 0.3) is 0 Å². The van der Waals surface area contributed by atoms with E-state index >= 15 is 0 Å². The summed E-state index contributed by atoms with van der Waals surface area (Å²) >= 11 is 0. The van der Waals surface area contributed by atoms with Crippen LogP contribution in [-0.4, -0.2) is 49.2 Å². The first-order chi connectivity index (χ1) is 9.22. The highest BCUT2D eigenvalue weighted by molar-refractivity contribution is 5.69. The second-order valence-electron chi connectivity index (χ2n) is 5.92. The molecule has 2 aliphatic rings. The van der Waals surface area contributed by atoms with E-state index in [9.17, 15) is 4.79 Å². The van der Waals surface area contributed by atoms with Crippen molar-refractivity contribution in [1.29, 1.82) is 0 Å². The number of esters is 1. The van der Waals surface area contributed by atoms with Crippen molar-refractivity contribution in [1.82, 2.24) is 10.2 Å². The maximum Gasteiger partial charge on any atom is 0.305 e. The van der Waals surface area contributed by atoms with Crippen molar-refractivity contribution in [3.05, 3.63) is 0 Å². The van der Waals surface area contributed by atoms with E-state index in [2.05, 4.69) is 17.1 Å². The maximum atomic E-state index is 11.5. The van der Waals surface area contributed by atoms with Gasteiger partial charge in [-0.1, -0.05) is 6.92 Å². The van der Waals surface area contributed by atoms with Crippen LogP contribution in [0, 0.1) is 5.92 Å². The molecule has 0 aromatic heterocycles. The molecular formula is C15H28N2O2. The third kappa shape index (κ3) is 3.93. The Morgan fingerprint density at radius 3 is 3.00 bits per heavy atom. The fourth-order valence-electron chi connectivity index (χ4n) is 3.62. The summed E-state index contributed by atoms with van der Waals surface area (Å²) < 4.78 is 5.04. The van der Waals surface area contributed by atoms with Gasteiger partial charge >= 0.3 is 5.97 Å². The quantitative estimate of drug-likeness (QED) is 0.772. The van der Waals surface area contributed by atoms with Crippen molar-refractivity contribution in [3.63, 3.8) is 0 Å². The largest absolute Gasteiger partial charge is 0.466 e. The number of nitrogens with zero attached hydrogens (tertiary/aromatic N) is 1. The Hall–Kier alpha value is -0.610. The number of hydrogen-bond donors (Lipinski definition) is 1. The highest BCUT2D eigenvalue weighted by Crippen LogP contribution is 2.29. The van der Waals surface area contributed by atoms with Crippen molar-refractivity contribution < 1.29 is 9.53 Å². The Bertz CT molecular complexity index is 296. The molecule has 2 aliphatic heterocycles. The minimum atomic E-state index is -0.0345. The highest BCUT2D eigenvalue weighted by Gasteiger charge is 2.34. The molecule has 3 atom stereocenters. The third-order valence-electron chi connectivity index (χ3n) is 4.58. The molecule has 0 aromatic carbocycles. The molecule has 2 rings (SSSR count). The van der Waals surface area contributed by atoms with Crippen molar-refractivity contribution in [3.8, 4) is 0 Å². The molecule has 2 fully saturated rings. The first-order valence-corrected chi connectivity index (χ1v) is 7.84. The normalized spacial score (nSPS) is 32.4. The summed E-state index contributed by atoms with van der Waals surface area (Å²) in [7, 11) is 0. The lowest BCUT2D eigenvalue weighted by molar-refractivity contribution is -0.143. The molecule has 0 aromatic rings. The van der Waals surface area contributed by atoms with Gasteiger partial charge in [0, 0.05) is 18.5 Å². The Morgan fingerprint density at radius 2 is 2.26 bits per heavy atom. The number of carbonyl (C=O) groups excluding carboxylic acids is 1. The number of rotatable bonds is 5. The maximum absolute atomic E-state index is 11.5. The van der Waals surface area contributed by atoms with E-state index in [1.54, 1.807) is 0 Å². The van der Waals surface area contributed by atoms with Gasteiger partial charge in [0.05, 0.1) is 6.61 Å². The third-order valence-corrected chi connectivity index (χ3v) is 4.58. The first-order valence-electron chi connectivity index (χ1n) is 7.84. The SMILES string of the molecule is CCOC(=O)CC[C@@H]1CCCN1C1CCNCC1C. The topological polar surface area (TPSA) is 41.6 Å². The summed E-state index contributed by atoms with van der Waals surface area (Å²) in [6.45, 7) is 8.19. The lowest BCUT2D eigenvalue weighted by Crippen LogP contribution is -2.50. The van der Waals surface area contributed by atoms with Gasteiger partial charge in [-0.15, -0.1) is 0 Å². The van der Waals surface area contributed by atoms with Gasteiger partial charge in [-0.05, 0) is 58.2 Å². The molecule has 0 amide bonds. The standard InChI is InChI=1S/C15H28N2O2/c1-3-19-15(18)7-6-13-5-4-10-17(13)14-8-9-16-11-12(14)2/h12-14,16H,3-11H2,1-2H3/t12?,13-,14?/m0/s1. The van der Waals surface area contributed by atoms with Crippen LogP contribution >= 0.6 is 0 Å². The van der Waals surface area contributed by atoms with Gasteiger partial charge < -0.3 is 10.1 Å². The molecule has 2 saturated heterocycles. The predicted molar refractivity (Wildman–Crippen MR) is 76.0 cm³/mol. The Kier molecular flexibility index (Phi) is 5.64. The molecule has 0 saturated carbocycles. The lowest BCUT2D eigenvalue weighted by Gasteiger charge is -2.40. The molecule has 4 nitrogen and oxygen atoms in total. The second kappa shape index (κ2) is 7.25. The van der Waals surface area contributed by atoms with Crippen molar-refractivity contribution in [2.45, 2.75) is 58.0 Å². The van der Waals surface area contributed by atoms with Crippen LogP contribution in [0.2, 0.25) is 0 Å². The van der Waals surface area contributed by atoms with Crippen LogP contribution in [0.3, 0.4) is 0 Å². The minimum Gasteiger partial charge on any atom is -0.466 e. The lowest BCUT2D eigenvalue weighted by atomic mass is 9.92. The van der Waals surface area contributed by atoms with Crippen LogP contribution in [0.5, 0.6) is 0 Å². The van der Waals surface area contributed by atoms with E-state index in [4.69, 9.17) is 4.74 Å².